The van der Waals surface area contributed by atoms with Gasteiger partial charge in [-0.1, -0.05) is 32.1 Å². The molecule has 1 saturated heterocycles. The topological polar surface area (TPSA) is 93.0 Å². The number of nitrogens with one attached hydrogen (secondary N) is 1. The highest BCUT2D eigenvalue weighted by atomic mass is 32.1. The van der Waals surface area contributed by atoms with Gasteiger partial charge in [0.2, 0.25) is 0 Å². The lowest BCUT2D eigenvalue weighted by Crippen LogP contribution is -2.46. The number of nitrogens with zero attached hydrogens (tertiary/aromatic N) is 5. The van der Waals surface area contributed by atoms with E-state index in [1.165, 1.54) is 11.3 Å². The van der Waals surface area contributed by atoms with Gasteiger partial charge in [-0.3, -0.25) is 14.3 Å². The lowest BCUT2D eigenvalue weighted by Gasteiger charge is -2.31. The predicted octanol–water partition coefficient (Wildman–Crippen LogP) is 1.82. The number of hydrogen-bond donors (Lipinski definition) is 1. The number of hydrogen-bond acceptors (Lipinski definition) is 6. The maximum Gasteiger partial charge on any atom is 0.311 e. The Bertz CT molecular complexity index is 814. The fraction of sp³-hybridized carbons (Fsp3) is 0.611. The molecule has 1 N–H and O–H groups in total. The van der Waals surface area contributed by atoms with Gasteiger partial charge >= 0.3 is 11.8 Å². The van der Waals surface area contributed by atoms with Crippen LogP contribution in [0, 0.1) is 6.92 Å². The zero-order chi connectivity index (χ0) is 19.6. The zero-order valence-electron chi connectivity index (χ0n) is 16.2. The first-order valence-corrected chi connectivity index (χ1v) is 9.96. The molecule has 0 aliphatic carbocycles. The molecule has 0 aromatic carbocycles. The Morgan fingerprint density at radius 3 is 2.52 bits per heavy atom. The minimum atomic E-state index is -0.587. The van der Waals surface area contributed by atoms with Crippen molar-refractivity contribution in [2.24, 2.45) is 0 Å². The van der Waals surface area contributed by atoms with Gasteiger partial charge in [-0.15, -0.1) is 10.2 Å². The number of likely N-dealkylation sites (tertiary alicyclic amines) is 1. The molecule has 1 aliphatic heterocycles. The van der Waals surface area contributed by atoms with Crippen molar-refractivity contribution in [1.29, 1.82) is 0 Å². The number of piperidine rings is 1. The Labute approximate surface area is 163 Å². The number of aryl methyl sites for hydroxylation is 1. The Balaban J connectivity index is 1.48. The first-order chi connectivity index (χ1) is 12.7. The Hall–Kier alpha value is -2.29. The Morgan fingerprint density at radius 1 is 1.26 bits per heavy atom. The van der Waals surface area contributed by atoms with E-state index in [4.69, 9.17) is 0 Å². The van der Waals surface area contributed by atoms with E-state index < -0.39 is 11.8 Å². The second-order valence-corrected chi connectivity index (χ2v) is 9.02. The van der Waals surface area contributed by atoms with Gasteiger partial charge in [0.15, 0.2) is 0 Å². The third kappa shape index (κ3) is 4.71. The van der Waals surface area contributed by atoms with Crippen molar-refractivity contribution in [2.75, 3.05) is 13.1 Å². The molecule has 0 saturated carbocycles. The minimum absolute atomic E-state index is 0.0762. The average molecular weight is 391 g/mol. The maximum absolute atomic E-state index is 12.4. The molecule has 0 atom stereocenters. The summed E-state index contributed by atoms with van der Waals surface area (Å²) in [6.07, 6.45) is 5.45. The smallest absolute Gasteiger partial charge is 0.311 e. The molecule has 146 valence electrons. The average Bonchev–Trinajstić information content (AvgIpc) is 3.28. The molecule has 0 unspecified atom stereocenters. The molecule has 0 spiro atoms. The van der Waals surface area contributed by atoms with Crippen molar-refractivity contribution in [1.82, 2.24) is 30.2 Å². The molecular weight excluding hydrogens is 364 g/mol. The predicted molar refractivity (Wildman–Crippen MR) is 102 cm³/mol. The van der Waals surface area contributed by atoms with Gasteiger partial charge in [0.05, 0.1) is 18.8 Å². The summed E-state index contributed by atoms with van der Waals surface area (Å²) >= 11 is 1.46. The molecule has 2 aromatic rings. The van der Waals surface area contributed by atoms with E-state index in [1.54, 1.807) is 4.90 Å². The summed E-state index contributed by atoms with van der Waals surface area (Å²) in [5.74, 6) is -1.07. The molecular formula is C18H26N6O2S. The molecule has 3 heterocycles. The molecule has 1 fully saturated rings. The van der Waals surface area contributed by atoms with Crippen molar-refractivity contribution >= 4 is 23.2 Å². The molecule has 27 heavy (non-hydrogen) atoms. The first kappa shape index (κ1) is 19.5. The lowest BCUT2D eigenvalue weighted by molar-refractivity contribution is -0.146. The van der Waals surface area contributed by atoms with Crippen molar-refractivity contribution in [3.8, 4) is 0 Å². The lowest BCUT2D eigenvalue weighted by atomic mass is 9.98. The van der Waals surface area contributed by atoms with Crippen LogP contribution in [0.1, 0.15) is 55.2 Å². The third-order valence-electron chi connectivity index (χ3n) is 4.56. The van der Waals surface area contributed by atoms with Crippen LogP contribution in [-0.4, -0.2) is 49.8 Å². The van der Waals surface area contributed by atoms with E-state index in [1.807, 2.05) is 24.0 Å². The van der Waals surface area contributed by atoms with E-state index in [0.717, 1.165) is 23.4 Å². The maximum atomic E-state index is 12.4. The quantitative estimate of drug-likeness (QED) is 0.807. The summed E-state index contributed by atoms with van der Waals surface area (Å²) in [6.45, 7) is 9.54. The standard InChI is InChI=1S/C18H26N6O2S/c1-12-9-20-24(11-12)13-5-7-23(8-6-13)16(26)15(25)19-10-14-21-22-17(27-14)18(2,3)4/h9,11,13H,5-8,10H2,1-4H3,(H,19,25). The van der Waals surface area contributed by atoms with Crippen LogP contribution in [0.3, 0.4) is 0 Å². The number of carbonyl (C=O) groups excluding carboxylic acids is 2. The molecule has 0 bridgehead atoms. The van der Waals surface area contributed by atoms with Crippen LogP contribution in [0.25, 0.3) is 0 Å². The van der Waals surface area contributed by atoms with E-state index in [9.17, 15) is 9.59 Å². The molecule has 0 radical (unpaired) electrons. The van der Waals surface area contributed by atoms with E-state index in [2.05, 4.69) is 41.4 Å². The van der Waals surface area contributed by atoms with Crippen LogP contribution >= 0.6 is 11.3 Å². The number of amides is 2. The van der Waals surface area contributed by atoms with E-state index in [0.29, 0.717) is 18.1 Å². The van der Waals surface area contributed by atoms with Gasteiger partial charge < -0.3 is 10.2 Å². The van der Waals surface area contributed by atoms with E-state index >= 15 is 0 Å². The molecule has 1 aliphatic rings. The number of rotatable bonds is 3. The van der Waals surface area contributed by atoms with Crippen LogP contribution in [0.15, 0.2) is 12.4 Å². The fourth-order valence-corrected chi connectivity index (χ4v) is 3.81. The van der Waals surface area contributed by atoms with Crippen molar-refractivity contribution in [3.05, 3.63) is 28.0 Å². The highest BCUT2D eigenvalue weighted by Gasteiger charge is 2.28. The van der Waals surface area contributed by atoms with Crippen LogP contribution in [0.4, 0.5) is 0 Å². The SMILES string of the molecule is Cc1cnn(C2CCN(C(=O)C(=O)NCc3nnc(C(C)(C)C)s3)CC2)c1. The number of carbonyl (C=O) groups is 2. The van der Waals surface area contributed by atoms with Crippen molar-refractivity contribution in [3.63, 3.8) is 0 Å². The van der Waals surface area contributed by atoms with Crippen LogP contribution in [0.2, 0.25) is 0 Å². The third-order valence-corrected chi connectivity index (χ3v) is 5.91. The summed E-state index contributed by atoms with van der Waals surface area (Å²) in [5, 5.41) is 16.9. The Morgan fingerprint density at radius 2 is 1.96 bits per heavy atom. The summed E-state index contributed by atoms with van der Waals surface area (Å²) in [7, 11) is 0. The zero-order valence-corrected chi connectivity index (χ0v) is 17.0. The van der Waals surface area contributed by atoms with E-state index in [-0.39, 0.29) is 18.0 Å². The summed E-state index contributed by atoms with van der Waals surface area (Å²) in [6, 6.07) is 0.281. The molecule has 9 heteroatoms. The molecule has 2 aromatic heterocycles. The number of aromatic nitrogens is 4. The fourth-order valence-electron chi connectivity index (χ4n) is 2.97. The van der Waals surface area contributed by atoms with Gasteiger partial charge in [-0.05, 0) is 25.3 Å². The highest BCUT2D eigenvalue weighted by molar-refractivity contribution is 7.11. The van der Waals surface area contributed by atoms with Gasteiger partial charge in [0.25, 0.3) is 0 Å². The minimum Gasteiger partial charge on any atom is -0.341 e. The van der Waals surface area contributed by atoms with Crippen molar-refractivity contribution < 1.29 is 9.59 Å². The highest BCUT2D eigenvalue weighted by Crippen LogP contribution is 2.25. The van der Waals surface area contributed by atoms with Crippen LogP contribution < -0.4 is 5.32 Å². The van der Waals surface area contributed by atoms with Gasteiger partial charge in [-0.25, -0.2) is 0 Å². The van der Waals surface area contributed by atoms with Crippen LogP contribution in [0.5, 0.6) is 0 Å². The van der Waals surface area contributed by atoms with Crippen LogP contribution in [-0.2, 0) is 21.5 Å². The Kier molecular flexibility index (Phi) is 5.59. The molecule has 8 nitrogen and oxygen atoms in total. The molecule has 2 amide bonds. The van der Waals surface area contributed by atoms with Gasteiger partial charge in [0, 0.05) is 24.7 Å². The second-order valence-electron chi connectivity index (χ2n) is 7.95. The normalized spacial score (nSPS) is 15.8. The monoisotopic (exact) mass is 390 g/mol. The largest absolute Gasteiger partial charge is 0.341 e. The summed E-state index contributed by atoms with van der Waals surface area (Å²) in [4.78, 5) is 26.2. The molecule has 3 rings (SSSR count). The second kappa shape index (κ2) is 7.75. The van der Waals surface area contributed by atoms with Gasteiger partial charge in [0.1, 0.15) is 10.0 Å². The van der Waals surface area contributed by atoms with Crippen molar-refractivity contribution in [2.45, 2.75) is 58.5 Å². The van der Waals surface area contributed by atoms with Gasteiger partial charge in [-0.2, -0.15) is 5.10 Å². The summed E-state index contributed by atoms with van der Waals surface area (Å²) in [5.41, 5.74) is 1.05. The summed E-state index contributed by atoms with van der Waals surface area (Å²) < 4.78 is 1.96. The first-order valence-electron chi connectivity index (χ1n) is 9.15.